The predicted octanol–water partition coefficient (Wildman–Crippen LogP) is 1.29. The molecular formula is C15H18N4O3. The quantitative estimate of drug-likeness (QED) is 0.802. The Morgan fingerprint density at radius 2 is 1.91 bits per heavy atom. The molecule has 0 spiro atoms. The Bertz CT molecular complexity index is 689. The van der Waals surface area contributed by atoms with Crippen LogP contribution in [0.2, 0.25) is 0 Å². The molecule has 0 fully saturated rings. The molecule has 0 saturated carbocycles. The van der Waals surface area contributed by atoms with Crippen LogP contribution in [0.15, 0.2) is 18.6 Å². The zero-order chi connectivity index (χ0) is 16.3. The first-order valence-corrected chi connectivity index (χ1v) is 6.77. The van der Waals surface area contributed by atoms with E-state index in [1.807, 2.05) is 32.0 Å². The van der Waals surface area contributed by atoms with Crippen LogP contribution in [-0.2, 0) is 24.9 Å². The van der Waals surface area contributed by atoms with Gasteiger partial charge in [-0.1, -0.05) is 0 Å². The summed E-state index contributed by atoms with van der Waals surface area (Å²) in [5, 5.41) is 6.89. The summed E-state index contributed by atoms with van der Waals surface area (Å²) in [6.07, 6.45) is 3.55. The third-order valence-corrected chi connectivity index (χ3v) is 3.55. The van der Waals surface area contributed by atoms with Gasteiger partial charge in [0.15, 0.2) is 0 Å². The molecule has 0 aromatic carbocycles. The Labute approximate surface area is 128 Å². The number of pyridine rings is 1. The van der Waals surface area contributed by atoms with Crippen LogP contribution in [-0.4, -0.2) is 36.9 Å². The zero-order valence-corrected chi connectivity index (χ0v) is 12.8. The molecule has 116 valence electrons. The minimum Gasteiger partial charge on any atom is -0.483 e. The molecule has 22 heavy (non-hydrogen) atoms. The van der Waals surface area contributed by atoms with Gasteiger partial charge in [0.1, 0.15) is 5.69 Å². The van der Waals surface area contributed by atoms with Gasteiger partial charge in [-0.25, -0.2) is 4.98 Å². The number of carbonyl (C=O) groups is 2. The summed E-state index contributed by atoms with van der Waals surface area (Å²) in [7, 11) is 1.85. The molecule has 3 rings (SSSR count). The molecule has 0 unspecified atom stereocenters. The smallest absolute Gasteiger partial charge is 0.290 e. The predicted molar refractivity (Wildman–Crippen MR) is 79.2 cm³/mol. The highest BCUT2D eigenvalue weighted by atomic mass is 16.3. The second-order valence-electron chi connectivity index (χ2n) is 5.15. The van der Waals surface area contributed by atoms with Crippen LogP contribution in [0.3, 0.4) is 0 Å². The van der Waals surface area contributed by atoms with E-state index in [-0.39, 0.29) is 12.4 Å². The number of hydrogen-bond acceptors (Lipinski definition) is 4. The molecule has 2 aromatic heterocycles. The lowest BCUT2D eigenvalue weighted by atomic mass is 10.2. The van der Waals surface area contributed by atoms with Crippen molar-refractivity contribution in [1.82, 2.24) is 19.4 Å². The highest BCUT2D eigenvalue weighted by molar-refractivity contribution is 5.94. The van der Waals surface area contributed by atoms with Gasteiger partial charge in [-0.3, -0.25) is 14.6 Å². The molecule has 1 N–H and O–H groups in total. The summed E-state index contributed by atoms with van der Waals surface area (Å²) in [6, 6.07) is 2.05. The first-order valence-electron chi connectivity index (χ1n) is 6.77. The number of carboxylic acid groups (broad SMARTS) is 1. The zero-order valence-electron chi connectivity index (χ0n) is 12.8. The highest BCUT2D eigenvalue weighted by Crippen LogP contribution is 2.24. The molecule has 0 saturated heterocycles. The highest BCUT2D eigenvalue weighted by Gasteiger charge is 2.27. The van der Waals surface area contributed by atoms with E-state index in [9.17, 15) is 4.79 Å². The average Bonchev–Trinajstić information content (AvgIpc) is 3.02. The molecule has 0 bridgehead atoms. The van der Waals surface area contributed by atoms with E-state index in [2.05, 4.69) is 16.0 Å². The Kier molecular flexibility index (Phi) is 4.55. The van der Waals surface area contributed by atoms with Gasteiger partial charge < -0.3 is 14.6 Å². The summed E-state index contributed by atoms with van der Waals surface area (Å²) < 4.78 is 1.78. The fourth-order valence-electron chi connectivity index (χ4n) is 2.55. The Morgan fingerprint density at radius 3 is 2.50 bits per heavy atom. The van der Waals surface area contributed by atoms with E-state index in [0.29, 0.717) is 18.8 Å². The molecule has 0 aliphatic carbocycles. The van der Waals surface area contributed by atoms with Crippen molar-refractivity contribution in [3.8, 4) is 0 Å². The van der Waals surface area contributed by atoms with Crippen molar-refractivity contribution in [3.63, 3.8) is 0 Å². The first-order chi connectivity index (χ1) is 10.5. The van der Waals surface area contributed by atoms with Crippen molar-refractivity contribution in [2.45, 2.75) is 26.9 Å². The van der Waals surface area contributed by atoms with Crippen LogP contribution in [0.5, 0.6) is 0 Å². The van der Waals surface area contributed by atoms with E-state index < -0.39 is 0 Å². The van der Waals surface area contributed by atoms with E-state index in [0.717, 1.165) is 17.0 Å². The fraction of sp³-hybridized carbons (Fsp3) is 0.333. The van der Waals surface area contributed by atoms with Gasteiger partial charge in [0.05, 0.1) is 12.0 Å². The summed E-state index contributed by atoms with van der Waals surface area (Å²) in [5.74, 6) is 0.0337. The number of nitrogens with zero attached hydrogens (tertiary/aromatic N) is 4. The normalized spacial score (nSPS) is 12.4. The number of hydrogen-bond donors (Lipinski definition) is 1. The van der Waals surface area contributed by atoms with Gasteiger partial charge in [-0.05, 0) is 31.0 Å². The Morgan fingerprint density at radius 1 is 1.27 bits per heavy atom. The van der Waals surface area contributed by atoms with Crippen LogP contribution in [0.4, 0.5) is 0 Å². The van der Waals surface area contributed by atoms with E-state index >= 15 is 0 Å². The lowest BCUT2D eigenvalue weighted by Crippen LogP contribution is -2.27. The Hall–Kier alpha value is -2.70. The summed E-state index contributed by atoms with van der Waals surface area (Å²) in [5.41, 5.74) is 4.76. The monoisotopic (exact) mass is 302 g/mol. The van der Waals surface area contributed by atoms with Gasteiger partial charge in [0.2, 0.25) is 0 Å². The van der Waals surface area contributed by atoms with Gasteiger partial charge in [0, 0.05) is 32.0 Å². The van der Waals surface area contributed by atoms with Crippen molar-refractivity contribution >= 4 is 12.4 Å². The van der Waals surface area contributed by atoms with Crippen LogP contribution in [0.1, 0.15) is 33.0 Å². The van der Waals surface area contributed by atoms with E-state index in [1.54, 1.807) is 10.9 Å². The maximum atomic E-state index is 12.5. The summed E-state index contributed by atoms with van der Waals surface area (Å²) >= 11 is 0. The number of imidazole rings is 1. The lowest BCUT2D eigenvalue weighted by molar-refractivity contribution is -0.122. The maximum absolute atomic E-state index is 12.5. The molecule has 0 radical (unpaired) electrons. The van der Waals surface area contributed by atoms with Crippen LogP contribution < -0.4 is 0 Å². The van der Waals surface area contributed by atoms with E-state index in [4.69, 9.17) is 9.90 Å². The largest absolute Gasteiger partial charge is 0.483 e. The maximum Gasteiger partial charge on any atom is 0.290 e. The molecular weight excluding hydrogens is 284 g/mol. The SMILES string of the molecule is Cc1cc2c(cn1)CN(C(=O)c1c(C)ncn1C)C2.O=CO. The standard InChI is InChI=1S/C14H16N4O.CH2O2/c1-9-4-11-6-18(7-12(11)5-15-9)14(19)13-10(2)16-8-17(13)3;2-1-3/h4-5,8H,6-7H2,1-3H3;1H,(H,2,3). The van der Waals surface area contributed by atoms with Crippen molar-refractivity contribution in [1.29, 1.82) is 0 Å². The van der Waals surface area contributed by atoms with Gasteiger partial charge in [-0.2, -0.15) is 0 Å². The van der Waals surface area contributed by atoms with Crippen molar-refractivity contribution in [3.05, 3.63) is 46.8 Å². The lowest BCUT2D eigenvalue weighted by Gasteiger charge is -2.16. The van der Waals surface area contributed by atoms with Crippen LogP contribution in [0, 0.1) is 13.8 Å². The Balaban J connectivity index is 0.000000545. The molecule has 1 amide bonds. The number of aromatic nitrogens is 3. The third kappa shape index (κ3) is 2.98. The molecule has 1 aliphatic rings. The molecule has 7 nitrogen and oxygen atoms in total. The number of carbonyl (C=O) groups excluding carboxylic acids is 1. The second kappa shape index (κ2) is 6.38. The molecule has 2 aromatic rings. The van der Waals surface area contributed by atoms with Gasteiger partial charge in [0.25, 0.3) is 12.4 Å². The van der Waals surface area contributed by atoms with E-state index in [1.165, 1.54) is 5.56 Å². The average molecular weight is 302 g/mol. The molecule has 7 heteroatoms. The minimum atomic E-state index is -0.250. The van der Waals surface area contributed by atoms with Crippen molar-refractivity contribution in [2.24, 2.45) is 7.05 Å². The third-order valence-electron chi connectivity index (χ3n) is 3.55. The molecule has 1 aliphatic heterocycles. The number of amides is 1. The van der Waals surface area contributed by atoms with Crippen LogP contribution in [0.25, 0.3) is 0 Å². The summed E-state index contributed by atoms with van der Waals surface area (Å²) in [6.45, 7) is 4.87. The second-order valence-corrected chi connectivity index (χ2v) is 5.15. The van der Waals surface area contributed by atoms with Crippen molar-refractivity contribution in [2.75, 3.05) is 0 Å². The first kappa shape index (κ1) is 15.7. The minimum absolute atomic E-state index is 0.0337. The van der Waals surface area contributed by atoms with Crippen LogP contribution >= 0.6 is 0 Å². The number of aryl methyl sites for hydroxylation is 3. The van der Waals surface area contributed by atoms with Gasteiger partial charge in [-0.15, -0.1) is 0 Å². The molecule has 3 heterocycles. The fourth-order valence-corrected chi connectivity index (χ4v) is 2.55. The molecule has 0 atom stereocenters. The topological polar surface area (TPSA) is 88.3 Å². The number of fused-ring (bicyclic) bond motifs is 1. The van der Waals surface area contributed by atoms with Crippen molar-refractivity contribution < 1.29 is 14.7 Å². The number of rotatable bonds is 1. The summed E-state index contributed by atoms with van der Waals surface area (Å²) in [4.78, 5) is 31.2. The van der Waals surface area contributed by atoms with Gasteiger partial charge >= 0.3 is 0 Å².